The summed E-state index contributed by atoms with van der Waals surface area (Å²) in [4.78, 5) is 28.0. The monoisotopic (exact) mass is 416 g/mol. The summed E-state index contributed by atoms with van der Waals surface area (Å²) in [5.41, 5.74) is 3.37. The lowest BCUT2D eigenvalue weighted by atomic mass is 9.85. The van der Waals surface area contributed by atoms with Crippen molar-refractivity contribution in [2.24, 2.45) is 0 Å². The number of ether oxygens (including phenoxy) is 1. The van der Waals surface area contributed by atoms with E-state index < -0.39 is 5.54 Å². The Morgan fingerprint density at radius 2 is 1.90 bits per heavy atom. The Kier molecular flexibility index (Phi) is 9.01. The molecule has 30 heavy (non-hydrogen) atoms. The number of carboxylic acid groups (broad SMARTS) is 1. The van der Waals surface area contributed by atoms with E-state index in [-0.39, 0.29) is 12.4 Å². The molecular weight excluding hydrogens is 384 g/mol. The van der Waals surface area contributed by atoms with Crippen LogP contribution in [0.2, 0.25) is 0 Å². The van der Waals surface area contributed by atoms with Crippen molar-refractivity contribution in [2.75, 3.05) is 33.4 Å². The smallest absolute Gasteiger partial charge is 0.290 e. The molecular formula is C22H32N4O4. The number of nitrogens with one attached hydrogen (secondary N) is 1. The Labute approximate surface area is 177 Å². The summed E-state index contributed by atoms with van der Waals surface area (Å²) < 4.78 is 7.04. The number of amides is 1. The van der Waals surface area contributed by atoms with E-state index in [1.54, 1.807) is 19.6 Å². The van der Waals surface area contributed by atoms with E-state index in [1.165, 1.54) is 16.7 Å². The van der Waals surface area contributed by atoms with Crippen LogP contribution in [0, 0.1) is 13.8 Å². The zero-order valence-corrected chi connectivity index (χ0v) is 18.0. The molecule has 1 saturated heterocycles. The average molecular weight is 417 g/mol. The van der Waals surface area contributed by atoms with E-state index in [4.69, 9.17) is 14.6 Å². The Morgan fingerprint density at radius 3 is 2.43 bits per heavy atom. The highest BCUT2D eigenvalue weighted by Crippen LogP contribution is 2.31. The maximum Gasteiger partial charge on any atom is 0.290 e. The van der Waals surface area contributed by atoms with Crippen LogP contribution >= 0.6 is 0 Å². The van der Waals surface area contributed by atoms with E-state index >= 15 is 0 Å². The number of hydrogen-bond donors (Lipinski definition) is 2. The Hall–Kier alpha value is -2.71. The zero-order chi connectivity index (χ0) is 22.0. The van der Waals surface area contributed by atoms with Gasteiger partial charge in [0.2, 0.25) is 5.91 Å². The molecule has 1 fully saturated rings. The molecule has 1 aliphatic heterocycles. The first-order valence-electron chi connectivity index (χ1n) is 10.1. The summed E-state index contributed by atoms with van der Waals surface area (Å²) in [6.07, 6.45) is 6.94. The first-order valence-corrected chi connectivity index (χ1v) is 10.1. The van der Waals surface area contributed by atoms with Crippen LogP contribution in [-0.2, 0) is 26.4 Å². The number of likely N-dealkylation sites (tertiary alicyclic amines) is 1. The molecule has 8 nitrogen and oxygen atoms in total. The van der Waals surface area contributed by atoms with E-state index in [1.807, 2.05) is 10.8 Å². The summed E-state index contributed by atoms with van der Waals surface area (Å²) in [6.45, 7) is 7.75. The maximum absolute atomic E-state index is 13.0. The first-order chi connectivity index (χ1) is 14.4. The number of hydrogen-bond acceptors (Lipinski definition) is 5. The molecule has 0 atom stereocenters. The van der Waals surface area contributed by atoms with Crippen LogP contribution in [0.15, 0.2) is 36.9 Å². The van der Waals surface area contributed by atoms with Gasteiger partial charge in [0.1, 0.15) is 5.54 Å². The standard InChI is InChI=1S/C21H30N4O2.CH2O2/c1-17-12-18(2)14-19(13-17)15-24-8-4-21(5-9-24,25-10-6-22-16-25)20(26)23-7-11-27-3;2-1-3/h6,10,12-14,16H,4-5,7-9,11,15H2,1-3H3,(H,23,26);1H,(H,2,3). The Bertz CT molecular complexity index is 779. The van der Waals surface area contributed by atoms with Gasteiger partial charge in [0.15, 0.2) is 0 Å². The third-order valence-corrected chi connectivity index (χ3v) is 5.38. The number of nitrogens with zero attached hydrogens (tertiary/aromatic N) is 3. The van der Waals surface area contributed by atoms with Crippen molar-refractivity contribution in [3.8, 4) is 0 Å². The van der Waals surface area contributed by atoms with Crippen LogP contribution in [0.25, 0.3) is 0 Å². The minimum atomic E-state index is -0.566. The minimum Gasteiger partial charge on any atom is -0.483 e. The first kappa shape index (κ1) is 23.6. The molecule has 1 amide bonds. The molecule has 0 unspecified atom stereocenters. The molecule has 1 aromatic heterocycles. The second-order valence-electron chi connectivity index (χ2n) is 7.63. The van der Waals surface area contributed by atoms with Crippen molar-refractivity contribution in [1.82, 2.24) is 19.8 Å². The Balaban J connectivity index is 0.00000101. The molecule has 3 rings (SSSR count). The number of imidazole rings is 1. The number of carbonyl (C=O) groups excluding carboxylic acids is 1. The van der Waals surface area contributed by atoms with Crippen LogP contribution < -0.4 is 5.32 Å². The minimum absolute atomic E-state index is 0.0589. The summed E-state index contributed by atoms with van der Waals surface area (Å²) >= 11 is 0. The van der Waals surface area contributed by atoms with Crippen molar-refractivity contribution in [3.05, 3.63) is 53.6 Å². The zero-order valence-electron chi connectivity index (χ0n) is 18.0. The van der Waals surface area contributed by atoms with Gasteiger partial charge in [-0.25, -0.2) is 4.98 Å². The van der Waals surface area contributed by atoms with Gasteiger partial charge in [0.25, 0.3) is 6.47 Å². The lowest BCUT2D eigenvalue weighted by Gasteiger charge is -2.41. The van der Waals surface area contributed by atoms with Crippen LogP contribution in [0.4, 0.5) is 0 Å². The SMILES string of the molecule is COCCNC(=O)C1(n2ccnc2)CCN(Cc2cc(C)cc(C)c2)CC1.O=CO. The molecule has 8 heteroatoms. The second-order valence-corrected chi connectivity index (χ2v) is 7.63. The topological polar surface area (TPSA) is 96.7 Å². The van der Waals surface area contributed by atoms with Gasteiger partial charge in [-0.2, -0.15) is 0 Å². The number of piperidine rings is 1. The second kappa shape index (κ2) is 11.5. The lowest BCUT2D eigenvalue weighted by Crippen LogP contribution is -2.55. The highest BCUT2D eigenvalue weighted by Gasteiger charge is 2.42. The van der Waals surface area contributed by atoms with E-state index in [2.05, 4.69) is 47.2 Å². The van der Waals surface area contributed by atoms with Crippen molar-refractivity contribution in [1.29, 1.82) is 0 Å². The van der Waals surface area contributed by atoms with Gasteiger partial charge >= 0.3 is 0 Å². The highest BCUT2D eigenvalue weighted by molar-refractivity contribution is 5.84. The fourth-order valence-corrected chi connectivity index (χ4v) is 4.05. The van der Waals surface area contributed by atoms with Gasteiger partial charge in [-0.3, -0.25) is 14.5 Å². The van der Waals surface area contributed by atoms with Gasteiger partial charge in [0, 0.05) is 45.7 Å². The van der Waals surface area contributed by atoms with Crippen LogP contribution in [0.1, 0.15) is 29.5 Å². The Morgan fingerprint density at radius 1 is 1.27 bits per heavy atom. The van der Waals surface area contributed by atoms with Gasteiger partial charge in [-0.05, 0) is 32.3 Å². The van der Waals surface area contributed by atoms with Crippen molar-refractivity contribution in [3.63, 3.8) is 0 Å². The van der Waals surface area contributed by atoms with Crippen molar-refractivity contribution in [2.45, 2.75) is 38.8 Å². The molecule has 2 aromatic rings. The summed E-state index contributed by atoms with van der Waals surface area (Å²) in [6, 6.07) is 6.71. The molecule has 164 valence electrons. The lowest BCUT2D eigenvalue weighted by molar-refractivity contribution is -0.133. The number of aryl methyl sites for hydroxylation is 2. The number of rotatable bonds is 7. The summed E-state index contributed by atoms with van der Waals surface area (Å²) in [5.74, 6) is 0.0589. The molecule has 2 N–H and O–H groups in total. The molecule has 0 saturated carbocycles. The molecule has 0 aliphatic carbocycles. The van der Waals surface area contributed by atoms with Gasteiger partial charge < -0.3 is 19.7 Å². The van der Waals surface area contributed by atoms with E-state index in [9.17, 15) is 4.79 Å². The number of carbonyl (C=O) groups is 2. The number of benzene rings is 1. The van der Waals surface area contributed by atoms with Gasteiger partial charge in [0.05, 0.1) is 12.9 Å². The normalized spacial score (nSPS) is 15.7. The molecule has 0 bridgehead atoms. The van der Waals surface area contributed by atoms with E-state index in [0.29, 0.717) is 13.2 Å². The molecule has 1 aromatic carbocycles. The summed E-state index contributed by atoms with van der Waals surface area (Å²) in [7, 11) is 1.64. The van der Waals surface area contributed by atoms with E-state index in [0.717, 1.165) is 32.5 Å². The van der Waals surface area contributed by atoms with Crippen LogP contribution in [-0.4, -0.2) is 65.3 Å². The van der Waals surface area contributed by atoms with Gasteiger partial charge in [-0.15, -0.1) is 0 Å². The molecule has 2 heterocycles. The van der Waals surface area contributed by atoms with Gasteiger partial charge in [-0.1, -0.05) is 29.3 Å². The van der Waals surface area contributed by atoms with Crippen LogP contribution in [0.3, 0.4) is 0 Å². The maximum atomic E-state index is 13.0. The predicted octanol–water partition coefficient (Wildman–Crippen LogP) is 1.95. The molecule has 0 spiro atoms. The average Bonchev–Trinajstić information content (AvgIpc) is 3.24. The highest BCUT2D eigenvalue weighted by atomic mass is 16.5. The molecule has 1 aliphatic rings. The molecule has 0 radical (unpaired) electrons. The summed E-state index contributed by atoms with van der Waals surface area (Å²) in [5, 5.41) is 9.92. The third-order valence-electron chi connectivity index (χ3n) is 5.38. The third kappa shape index (κ3) is 6.14. The quantitative estimate of drug-likeness (QED) is 0.529. The fourth-order valence-electron chi connectivity index (χ4n) is 4.05. The number of methoxy groups -OCH3 is 1. The van der Waals surface area contributed by atoms with Crippen molar-refractivity contribution >= 4 is 12.4 Å². The largest absolute Gasteiger partial charge is 0.483 e. The van der Waals surface area contributed by atoms with Crippen molar-refractivity contribution < 1.29 is 19.4 Å². The predicted molar refractivity (Wildman–Crippen MR) is 114 cm³/mol. The fraction of sp³-hybridized carbons (Fsp3) is 0.500. The van der Waals surface area contributed by atoms with Crippen LogP contribution in [0.5, 0.6) is 0 Å². The number of aromatic nitrogens is 2.